The van der Waals surface area contributed by atoms with E-state index in [-0.39, 0.29) is 11.9 Å². The van der Waals surface area contributed by atoms with E-state index >= 15 is 0 Å². The third kappa shape index (κ3) is 4.13. The molecule has 0 fully saturated rings. The molecule has 0 aliphatic carbocycles. The highest BCUT2D eigenvalue weighted by molar-refractivity contribution is 7.19. The van der Waals surface area contributed by atoms with Crippen molar-refractivity contribution in [3.05, 3.63) is 4.88 Å². The first-order valence-electron chi connectivity index (χ1n) is 7.05. The molecular weight excluding hydrogens is 272 g/mol. The second kappa shape index (κ2) is 6.97. The summed E-state index contributed by atoms with van der Waals surface area (Å²) in [7, 11) is 2.02. The summed E-state index contributed by atoms with van der Waals surface area (Å²) in [4.78, 5) is 14.4. The minimum absolute atomic E-state index is 0.00962. The highest BCUT2D eigenvalue weighted by Gasteiger charge is 2.23. The summed E-state index contributed by atoms with van der Waals surface area (Å²) in [5.41, 5.74) is 6.56. The van der Waals surface area contributed by atoms with E-state index in [9.17, 15) is 4.79 Å². The Morgan fingerprint density at radius 2 is 1.95 bits per heavy atom. The van der Waals surface area contributed by atoms with E-state index in [1.54, 1.807) is 6.92 Å². The number of carbonyl (C=O) groups is 1. The molecule has 0 saturated carbocycles. The first-order chi connectivity index (χ1) is 9.23. The standard InChI is InChI=1S/C15H26N2O2S/c1-9(2)7-8-17(6)15-13(19-10(3)4)12(16)14(20-15)11(5)18/h9-10H,7-8,16H2,1-6H3. The van der Waals surface area contributed by atoms with Gasteiger partial charge in [-0.15, -0.1) is 11.3 Å². The van der Waals surface area contributed by atoms with Gasteiger partial charge in [0, 0.05) is 20.5 Å². The molecule has 0 bridgehead atoms. The maximum atomic E-state index is 11.7. The van der Waals surface area contributed by atoms with Crippen LogP contribution in [0, 0.1) is 5.92 Å². The molecule has 0 saturated heterocycles. The Morgan fingerprint density at radius 1 is 1.35 bits per heavy atom. The van der Waals surface area contributed by atoms with Gasteiger partial charge in [0.25, 0.3) is 0 Å². The van der Waals surface area contributed by atoms with Crippen molar-refractivity contribution in [2.45, 2.75) is 47.1 Å². The summed E-state index contributed by atoms with van der Waals surface area (Å²) < 4.78 is 5.83. The molecule has 1 aromatic rings. The lowest BCUT2D eigenvalue weighted by Crippen LogP contribution is -2.20. The molecule has 1 rings (SSSR count). The van der Waals surface area contributed by atoms with E-state index in [0.29, 0.717) is 22.2 Å². The summed E-state index contributed by atoms with van der Waals surface area (Å²) in [5, 5.41) is 0.946. The minimum atomic E-state index is -0.00962. The molecule has 0 aliphatic rings. The summed E-state index contributed by atoms with van der Waals surface area (Å²) >= 11 is 1.42. The number of carbonyl (C=O) groups excluding carboxylic acids is 1. The summed E-state index contributed by atoms with van der Waals surface area (Å²) in [6.45, 7) is 10.8. The zero-order valence-electron chi connectivity index (χ0n) is 13.3. The molecule has 0 amide bonds. The zero-order chi connectivity index (χ0) is 15.4. The number of Topliss-reactive ketones (excluding diaryl/α,β-unsaturated/α-hetero) is 1. The van der Waals surface area contributed by atoms with Crippen LogP contribution in [-0.2, 0) is 0 Å². The fourth-order valence-electron chi connectivity index (χ4n) is 1.83. The van der Waals surface area contributed by atoms with Gasteiger partial charge in [-0.3, -0.25) is 4.79 Å². The first-order valence-corrected chi connectivity index (χ1v) is 7.86. The van der Waals surface area contributed by atoms with Crippen LogP contribution >= 0.6 is 11.3 Å². The van der Waals surface area contributed by atoms with Crippen molar-refractivity contribution in [1.82, 2.24) is 0 Å². The maximum Gasteiger partial charge on any atom is 0.177 e. The number of thiophene rings is 1. The highest BCUT2D eigenvalue weighted by Crippen LogP contribution is 2.45. The number of ketones is 1. The van der Waals surface area contributed by atoms with Gasteiger partial charge in [0.1, 0.15) is 5.00 Å². The van der Waals surface area contributed by atoms with Crippen LogP contribution in [0.25, 0.3) is 0 Å². The number of nitrogens with two attached hydrogens (primary N) is 1. The van der Waals surface area contributed by atoms with Gasteiger partial charge in [-0.1, -0.05) is 13.8 Å². The molecule has 2 N–H and O–H groups in total. The van der Waals surface area contributed by atoms with Crippen LogP contribution in [0.4, 0.5) is 10.7 Å². The number of nitrogens with zero attached hydrogens (tertiary/aromatic N) is 1. The molecule has 0 unspecified atom stereocenters. The summed E-state index contributed by atoms with van der Waals surface area (Å²) in [6, 6.07) is 0. The lowest BCUT2D eigenvalue weighted by atomic mass is 10.1. The lowest BCUT2D eigenvalue weighted by molar-refractivity contribution is 0.102. The van der Waals surface area contributed by atoms with Crippen LogP contribution in [0.15, 0.2) is 0 Å². The largest absolute Gasteiger partial charge is 0.486 e. The van der Waals surface area contributed by atoms with Crippen molar-refractivity contribution in [1.29, 1.82) is 0 Å². The van der Waals surface area contributed by atoms with Crippen molar-refractivity contribution in [2.75, 3.05) is 24.2 Å². The van der Waals surface area contributed by atoms with E-state index in [0.717, 1.165) is 18.0 Å². The Bertz CT molecular complexity index is 467. The van der Waals surface area contributed by atoms with Gasteiger partial charge < -0.3 is 15.4 Å². The van der Waals surface area contributed by atoms with Crippen LogP contribution in [0.5, 0.6) is 5.75 Å². The van der Waals surface area contributed by atoms with Gasteiger partial charge in [0.15, 0.2) is 11.5 Å². The first kappa shape index (κ1) is 16.8. The van der Waals surface area contributed by atoms with Crippen LogP contribution in [0.1, 0.15) is 50.7 Å². The smallest absolute Gasteiger partial charge is 0.177 e. The third-order valence-corrected chi connectivity index (χ3v) is 4.35. The topological polar surface area (TPSA) is 55.6 Å². The number of hydrogen-bond donors (Lipinski definition) is 1. The van der Waals surface area contributed by atoms with Crippen LogP contribution in [0.3, 0.4) is 0 Å². The monoisotopic (exact) mass is 298 g/mol. The Balaban J connectivity index is 3.09. The quantitative estimate of drug-likeness (QED) is 0.778. The normalized spacial score (nSPS) is 11.2. The van der Waals surface area contributed by atoms with Crippen LogP contribution in [0.2, 0.25) is 0 Å². The minimum Gasteiger partial charge on any atom is -0.486 e. The molecule has 114 valence electrons. The van der Waals surface area contributed by atoms with Crippen molar-refractivity contribution in [3.8, 4) is 5.75 Å². The van der Waals surface area contributed by atoms with E-state index in [1.807, 2.05) is 20.9 Å². The molecule has 0 atom stereocenters. The van der Waals surface area contributed by atoms with Gasteiger partial charge >= 0.3 is 0 Å². The summed E-state index contributed by atoms with van der Waals surface area (Å²) in [5.74, 6) is 1.28. The molecule has 0 aromatic carbocycles. The lowest BCUT2D eigenvalue weighted by Gasteiger charge is -2.21. The predicted octanol–water partition coefficient (Wildman–Crippen LogP) is 3.80. The van der Waals surface area contributed by atoms with Crippen molar-refractivity contribution in [2.24, 2.45) is 5.92 Å². The summed E-state index contributed by atoms with van der Waals surface area (Å²) in [6.07, 6.45) is 1.12. The molecule has 1 aromatic heterocycles. The van der Waals surface area contributed by atoms with E-state index in [2.05, 4.69) is 18.7 Å². The maximum absolute atomic E-state index is 11.7. The van der Waals surface area contributed by atoms with E-state index < -0.39 is 0 Å². The number of hydrogen-bond acceptors (Lipinski definition) is 5. The Hall–Kier alpha value is -1.23. The molecule has 0 aliphatic heterocycles. The van der Waals surface area contributed by atoms with Gasteiger partial charge in [0.2, 0.25) is 0 Å². The van der Waals surface area contributed by atoms with Gasteiger partial charge in [-0.05, 0) is 26.2 Å². The van der Waals surface area contributed by atoms with Crippen molar-refractivity contribution < 1.29 is 9.53 Å². The van der Waals surface area contributed by atoms with E-state index in [1.165, 1.54) is 11.3 Å². The molecule has 20 heavy (non-hydrogen) atoms. The fraction of sp³-hybridized carbons (Fsp3) is 0.667. The molecule has 5 heteroatoms. The Morgan fingerprint density at radius 3 is 2.40 bits per heavy atom. The zero-order valence-corrected chi connectivity index (χ0v) is 14.1. The molecule has 0 radical (unpaired) electrons. The Kier molecular flexibility index (Phi) is 5.87. The molecule has 0 spiro atoms. The number of ether oxygens (including phenoxy) is 1. The van der Waals surface area contributed by atoms with Gasteiger partial charge in [-0.25, -0.2) is 0 Å². The highest BCUT2D eigenvalue weighted by atomic mass is 32.1. The SMILES string of the molecule is CC(=O)c1sc(N(C)CCC(C)C)c(OC(C)C)c1N. The fourth-order valence-corrected chi connectivity index (χ4v) is 2.87. The number of nitrogen functional groups attached to an aromatic ring is 1. The third-order valence-electron chi connectivity index (χ3n) is 2.94. The van der Waals surface area contributed by atoms with Crippen LogP contribution < -0.4 is 15.4 Å². The Labute approximate surface area is 125 Å². The van der Waals surface area contributed by atoms with Crippen LogP contribution in [-0.4, -0.2) is 25.5 Å². The second-order valence-electron chi connectivity index (χ2n) is 5.81. The van der Waals surface area contributed by atoms with Gasteiger partial charge in [-0.2, -0.15) is 0 Å². The van der Waals surface area contributed by atoms with Crippen molar-refractivity contribution in [3.63, 3.8) is 0 Å². The van der Waals surface area contributed by atoms with Crippen molar-refractivity contribution >= 4 is 27.8 Å². The average Bonchev–Trinajstić information content (AvgIpc) is 2.64. The molecule has 1 heterocycles. The molecule has 4 nitrogen and oxygen atoms in total. The average molecular weight is 298 g/mol. The predicted molar refractivity (Wildman–Crippen MR) is 87.2 cm³/mol. The number of rotatable bonds is 7. The van der Waals surface area contributed by atoms with E-state index in [4.69, 9.17) is 10.5 Å². The second-order valence-corrected chi connectivity index (χ2v) is 6.81. The molecular formula is C15H26N2O2S. The number of anilines is 2. The van der Waals surface area contributed by atoms with Gasteiger partial charge in [0.05, 0.1) is 16.7 Å².